The van der Waals surface area contributed by atoms with E-state index in [0.29, 0.717) is 11.3 Å². The number of carbonyl (C=O) groups is 1. The lowest BCUT2D eigenvalue weighted by atomic mass is 10.1. The summed E-state index contributed by atoms with van der Waals surface area (Å²) in [5.41, 5.74) is 2.54. The normalized spacial score (nSPS) is 10.8. The van der Waals surface area contributed by atoms with Gasteiger partial charge in [-0.25, -0.2) is 4.79 Å². The van der Waals surface area contributed by atoms with E-state index in [-0.39, 0.29) is 5.56 Å². The van der Waals surface area contributed by atoms with Crippen LogP contribution in [0.15, 0.2) is 47.1 Å². The topological polar surface area (TPSA) is 63.3 Å². The van der Waals surface area contributed by atoms with E-state index in [1.165, 1.54) is 18.5 Å². The molecule has 0 aliphatic heterocycles. The summed E-state index contributed by atoms with van der Waals surface area (Å²) < 4.78 is 5.70. The number of nitrogens with zero attached hydrogens (tertiary/aromatic N) is 1. The Kier molecular flexibility index (Phi) is 2.56. The van der Waals surface area contributed by atoms with Crippen molar-refractivity contribution in [3.8, 4) is 11.3 Å². The summed E-state index contributed by atoms with van der Waals surface area (Å²) in [6, 6.07) is 9.14. The van der Waals surface area contributed by atoms with E-state index < -0.39 is 5.97 Å². The molecule has 4 heteroatoms. The molecule has 3 rings (SSSR count). The second-order valence-electron chi connectivity index (χ2n) is 4.38. The van der Waals surface area contributed by atoms with E-state index in [0.717, 1.165) is 16.5 Å². The quantitative estimate of drug-likeness (QED) is 0.759. The average Bonchev–Trinajstić information content (AvgIpc) is 2.81. The third-order valence-electron chi connectivity index (χ3n) is 2.99. The van der Waals surface area contributed by atoms with Gasteiger partial charge in [-0.15, -0.1) is 0 Å². The van der Waals surface area contributed by atoms with Crippen molar-refractivity contribution in [3.63, 3.8) is 0 Å². The molecule has 2 aromatic heterocycles. The van der Waals surface area contributed by atoms with E-state index in [2.05, 4.69) is 4.98 Å². The molecule has 0 amide bonds. The van der Waals surface area contributed by atoms with Crippen molar-refractivity contribution < 1.29 is 14.3 Å². The van der Waals surface area contributed by atoms with Gasteiger partial charge in [-0.3, -0.25) is 4.98 Å². The average molecular weight is 253 g/mol. The van der Waals surface area contributed by atoms with Crippen LogP contribution in [0.4, 0.5) is 0 Å². The molecule has 0 aliphatic rings. The van der Waals surface area contributed by atoms with Crippen LogP contribution in [-0.2, 0) is 0 Å². The van der Waals surface area contributed by atoms with Crippen LogP contribution in [0.1, 0.15) is 15.9 Å². The zero-order chi connectivity index (χ0) is 13.4. The summed E-state index contributed by atoms with van der Waals surface area (Å²) in [6.07, 6.45) is 2.97. The molecule has 0 spiro atoms. The third kappa shape index (κ3) is 1.97. The number of hydrogen-bond donors (Lipinski definition) is 1. The first-order chi connectivity index (χ1) is 9.15. The van der Waals surface area contributed by atoms with Crippen LogP contribution in [0.3, 0.4) is 0 Å². The Morgan fingerprint density at radius 3 is 2.89 bits per heavy atom. The van der Waals surface area contributed by atoms with Gasteiger partial charge in [0.2, 0.25) is 0 Å². The number of fused-ring (bicyclic) bond motifs is 1. The van der Waals surface area contributed by atoms with Crippen LogP contribution >= 0.6 is 0 Å². The number of aromatic carboxylic acids is 1. The fourth-order valence-corrected chi connectivity index (χ4v) is 2.07. The number of carboxylic acids is 1. The highest BCUT2D eigenvalue weighted by molar-refractivity contribution is 5.96. The molecule has 4 nitrogen and oxygen atoms in total. The minimum atomic E-state index is -0.992. The molecular formula is C15H11NO3. The van der Waals surface area contributed by atoms with Gasteiger partial charge in [0.25, 0.3) is 0 Å². The molecule has 19 heavy (non-hydrogen) atoms. The van der Waals surface area contributed by atoms with Gasteiger partial charge in [-0.05, 0) is 31.2 Å². The first kappa shape index (κ1) is 11.5. The highest BCUT2D eigenvalue weighted by atomic mass is 16.4. The second kappa shape index (κ2) is 4.24. The summed E-state index contributed by atoms with van der Waals surface area (Å²) in [7, 11) is 0. The molecule has 94 valence electrons. The Bertz CT molecular complexity index is 774. The van der Waals surface area contributed by atoms with Crippen LogP contribution in [0, 0.1) is 6.92 Å². The van der Waals surface area contributed by atoms with Crippen molar-refractivity contribution in [3.05, 3.63) is 53.9 Å². The summed E-state index contributed by atoms with van der Waals surface area (Å²) in [5.74, 6) is -0.472. The molecule has 1 aromatic carbocycles. The number of furan rings is 1. The molecule has 0 bridgehead atoms. The molecule has 0 atom stereocenters. The zero-order valence-electron chi connectivity index (χ0n) is 10.3. The number of rotatable bonds is 2. The molecule has 0 saturated carbocycles. The molecule has 0 fully saturated rings. The molecule has 0 unspecified atom stereocenters. The minimum Gasteiger partial charge on any atom is -0.478 e. The highest BCUT2D eigenvalue weighted by Crippen LogP contribution is 2.30. The predicted molar refractivity (Wildman–Crippen MR) is 71.1 cm³/mol. The van der Waals surface area contributed by atoms with Crippen LogP contribution in [0.5, 0.6) is 0 Å². The molecule has 1 N–H and O–H groups in total. The monoisotopic (exact) mass is 253 g/mol. The lowest BCUT2D eigenvalue weighted by Crippen LogP contribution is -1.99. The maximum atomic E-state index is 11.2. The molecule has 0 aliphatic carbocycles. The number of benzene rings is 1. The Labute approximate surface area is 109 Å². The van der Waals surface area contributed by atoms with Gasteiger partial charge in [-0.1, -0.05) is 11.6 Å². The van der Waals surface area contributed by atoms with Gasteiger partial charge >= 0.3 is 5.97 Å². The van der Waals surface area contributed by atoms with E-state index in [1.807, 2.05) is 31.2 Å². The van der Waals surface area contributed by atoms with E-state index in [1.54, 1.807) is 0 Å². The van der Waals surface area contributed by atoms with Crippen molar-refractivity contribution in [2.75, 3.05) is 0 Å². The second-order valence-corrected chi connectivity index (χ2v) is 4.38. The van der Waals surface area contributed by atoms with Gasteiger partial charge in [0.05, 0.1) is 11.1 Å². The summed E-state index contributed by atoms with van der Waals surface area (Å²) in [5, 5.41) is 10.1. The van der Waals surface area contributed by atoms with Crippen molar-refractivity contribution >= 4 is 16.9 Å². The Balaban J connectivity index is 2.22. The first-order valence-corrected chi connectivity index (χ1v) is 5.83. The van der Waals surface area contributed by atoms with Crippen molar-refractivity contribution in [2.45, 2.75) is 6.92 Å². The van der Waals surface area contributed by atoms with E-state index >= 15 is 0 Å². The summed E-state index contributed by atoms with van der Waals surface area (Å²) >= 11 is 0. The number of carboxylic acid groups (broad SMARTS) is 1. The summed E-state index contributed by atoms with van der Waals surface area (Å²) in [4.78, 5) is 15.2. The van der Waals surface area contributed by atoms with Crippen molar-refractivity contribution in [2.24, 2.45) is 0 Å². The van der Waals surface area contributed by atoms with Crippen LogP contribution in [0.25, 0.3) is 22.3 Å². The Morgan fingerprint density at radius 2 is 2.11 bits per heavy atom. The first-order valence-electron chi connectivity index (χ1n) is 5.83. The van der Waals surface area contributed by atoms with Crippen LogP contribution in [-0.4, -0.2) is 16.1 Å². The molecule has 2 heterocycles. The lowest BCUT2D eigenvalue weighted by Gasteiger charge is -2.00. The fraction of sp³-hybridized carbons (Fsp3) is 0.0667. The number of pyridine rings is 1. The summed E-state index contributed by atoms with van der Waals surface area (Å²) in [6.45, 7) is 2.00. The molecule has 0 radical (unpaired) electrons. The standard InChI is InChI=1S/C15H11NO3/c1-9-2-3-13-10(6-9)7-14(19-13)12-8-16-5-4-11(12)15(17)18/h2-8H,1H3,(H,17,18). The number of hydrogen-bond acceptors (Lipinski definition) is 3. The van der Waals surface area contributed by atoms with Gasteiger partial charge < -0.3 is 9.52 Å². The zero-order valence-corrected chi connectivity index (χ0v) is 10.3. The number of aromatic nitrogens is 1. The fourth-order valence-electron chi connectivity index (χ4n) is 2.07. The van der Waals surface area contributed by atoms with Gasteiger partial charge in [-0.2, -0.15) is 0 Å². The maximum absolute atomic E-state index is 11.2. The smallest absolute Gasteiger partial charge is 0.336 e. The molecular weight excluding hydrogens is 242 g/mol. The van der Waals surface area contributed by atoms with Crippen molar-refractivity contribution in [1.29, 1.82) is 0 Å². The van der Waals surface area contributed by atoms with Gasteiger partial charge in [0.15, 0.2) is 0 Å². The molecule has 3 aromatic rings. The largest absolute Gasteiger partial charge is 0.478 e. The van der Waals surface area contributed by atoms with Gasteiger partial charge in [0, 0.05) is 17.8 Å². The Morgan fingerprint density at radius 1 is 1.26 bits per heavy atom. The van der Waals surface area contributed by atoms with Gasteiger partial charge in [0.1, 0.15) is 11.3 Å². The van der Waals surface area contributed by atoms with E-state index in [9.17, 15) is 9.90 Å². The number of aryl methyl sites for hydroxylation is 1. The SMILES string of the molecule is Cc1ccc2oc(-c3cnccc3C(=O)O)cc2c1. The van der Waals surface area contributed by atoms with Crippen LogP contribution < -0.4 is 0 Å². The van der Waals surface area contributed by atoms with E-state index in [4.69, 9.17) is 4.42 Å². The minimum absolute atomic E-state index is 0.186. The third-order valence-corrected chi connectivity index (χ3v) is 2.99. The highest BCUT2D eigenvalue weighted by Gasteiger charge is 2.15. The lowest BCUT2D eigenvalue weighted by molar-refractivity contribution is 0.0697. The Hall–Kier alpha value is -2.62. The van der Waals surface area contributed by atoms with Crippen LogP contribution in [0.2, 0.25) is 0 Å². The van der Waals surface area contributed by atoms with Crippen molar-refractivity contribution in [1.82, 2.24) is 4.98 Å². The maximum Gasteiger partial charge on any atom is 0.336 e. The molecule has 0 saturated heterocycles. The predicted octanol–water partition coefficient (Wildman–Crippen LogP) is 3.50.